The smallest absolute Gasteiger partial charge is 0.224 e. The molecule has 25 heavy (non-hydrogen) atoms. The number of aromatic nitrogens is 4. The normalized spacial score (nSPS) is 15.0. The third kappa shape index (κ3) is 3.10. The maximum Gasteiger partial charge on any atom is 0.224 e. The lowest BCUT2D eigenvalue weighted by Crippen LogP contribution is -2.16. The van der Waals surface area contributed by atoms with E-state index in [0.717, 1.165) is 12.8 Å². The van der Waals surface area contributed by atoms with Crippen molar-refractivity contribution in [2.24, 2.45) is 5.14 Å². The number of hydrogen-bond acceptors (Lipinski definition) is 5. The van der Waals surface area contributed by atoms with Crippen LogP contribution in [0.3, 0.4) is 0 Å². The molecule has 4 rings (SSSR count). The van der Waals surface area contributed by atoms with Crippen molar-refractivity contribution in [1.82, 2.24) is 19.5 Å². The highest BCUT2D eigenvalue weighted by molar-refractivity contribution is 7.88. The average Bonchev–Trinajstić information content (AvgIpc) is 3.31. The van der Waals surface area contributed by atoms with Crippen LogP contribution < -0.4 is 5.14 Å². The van der Waals surface area contributed by atoms with Crippen molar-refractivity contribution in [2.75, 3.05) is 0 Å². The molecule has 3 aromatic rings. The van der Waals surface area contributed by atoms with Crippen molar-refractivity contribution in [2.45, 2.75) is 24.5 Å². The summed E-state index contributed by atoms with van der Waals surface area (Å²) in [6.07, 6.45) is 3.08. The highest BCUT2D eigenvalue weighted by atomic mass is 35.5. The number of halogens is 2. The number of nitrogens with two attached hydrogens (primary N) is 1. The lowest BCUT2D eigenvalue weighted by atomic mass is 10.2. The number of primary sulfonamides is 1. The van der Waals surface area contributed by atoms with Crippen LogP contribution in [0.4, 0.5) is 4.39 Å². The largest absolute Gasteiger partial charge is 0.279 e. The lowest BCUT2D eigenvalue weighted by molar-refractivity contribution is 0.596. The molecule has 0 atom stereocenters. The van der Waals surface area contributed by atoms with E-state index in [1.807, 2.05) is 0 Å². The quantitative estimate of drug-likeness (QED) is 0.698. The Hall–Kier alpha value is -2.10. The van der Waals surface area contributed by atoms with Gasteiger partial charge < -0.3 is 0 Å². The van der Waals surface area contributed by atoms with Crippen molar-refractivity contribution >= 4 is 32.7 Å². The van der Waals surface area contributed by atoms with Crippen LogP contribution >= 0.6 is 11.6 Å². The molecule has 1 aliphatic rings. The van der Waals surface area contributed by atoms with E-state index >= 15 is 0 Å². The van der Waals surface area contributed by atoms with Gasteiger partial charge in [-0.15, -0.1) is 0 Å². The summed E-state index contributed by atoms with van der Waals surface area (Å²) in [5.41, 5.74) is 1.04. The molecule has 3 heterocycles. The number of sulfonamides is 1. The Bertz CT molecular complexity index is 1090. The Labute approximate surface area is 147 Å². The summed E-state index contributed by atoms with van der Waals surface area (Å²) >= 11 is 5.88. The zero-order valence-corrected chi connectivity index (χ0v) is 14.4. The second kappa shape index (κ2) is 5.72. The molecular formula is C15H13ClFN5O2S. The van der Waals surface area contributed by atoms with Crippen LogP contribution in [0.15, 0.2) is 24.4 Å². The van der Waals surface area contributed by atoms with Gasteiger partial charge >= 0.3 is 0 Å². The minimum absolute atomic E-state index is 0.00529. The molecule has 7 nitrogen and oxygen atoms in total. The van der Waals surface area contributed by atoms with Crippen LogP contribution in [0.25, 0.3) is 16.9 Å². The van der Waals surface area contributed by atoms with Gasteiger partial charge in [0.1, 0.15) is 11.6 Å². The van der Waals surface area contributed by atoms with Gasteiger partial charge in [-0.3, -0.25) is 4.57 Å². The maximum atomic E-state index is 14.9. The molecule has 2 N–H and O–H groups in total. The van der Waals surface area contributed by atoms with Gasteiger partial charge in [0.05, 0.1) is 16.8 Å². The molecule has 1 saturated carbocycles. The van der Waals surface area contributed by atoms with E-state index < -0.39 is 21.6 Å². The van der Waals surface area contributed by atoms with E-state index in [-0.39, 0.29) is 22.3 Å². The van der Waals surface area contributed by atoms with Crippen LogP contribution in [-0.2, 0) is 15.8 Å². The van der Waals surface area contributed by atoms with Crippen molar-refractivity contribution in [3.63, 3.8) is 0 Å². The van der Waals surface area contributed by atoms with Gasteiger partial charge in [0.15, 0.2) is 11.5 Å². The molecule has 0 bridgehead atoms. The van der Waals surface area contributed by atoms with Gasteiger partial charge in [-0.1, -0.05) is 6.07 Å². The first-order valence-corrected chi connectivity index (χ1v) is 9.62. The van der Waals surface area contributed by atoms with E-state index in [1.54, 1.807) is 22.8 Å². The molecule has 1 aliphatic carbocycles. The summed E-state index contributed by atoms with van der Waals surface area (Å²) in [6.45, 7) is 0. The van der Waals surface area contributed by atoms with E-state index in [9.17, 15) is 12.8 Å². The van der Waals surface area contributed by atoms with Gasteiger partial charge in [-0.05, 0) is 36.6 Å². The summed E-state index contributed by atoms with van der Waals surface area (Å²) in [4.78, 5) is 12.3. The monoisotopic (exact) mass is 381 g/mol. The zero-order valence-electron chi connectivity index (χ0n) is 12.9. The predicted molar refractivity (Wildman–Crippen MR) is 90.4 cm³/mol. The second-order valence-corrected chi connectivity index (χ2v) is 7.93. The second-order valence-electron chi connectivity index (χ2n) is 5.98. The zero-order chi connectivity index (χ0) is 17.8. The lowest BCUT2D eigenvalue weighted by Gasteiger charge is -2.10. The molecule has 0 amide bonds. The number of fused-ring (bicyclic) bond motifs is 1. The molecular weight excluding hydrogens is 369 g/mol. The molecule has 0 unspecified atom stereocenters. The van der Waals surface area contributed by atoms with Gasteiger partial charge in [-0.2, -0.15) is 4.98 Å². The molecule has 3 aromatic heterocycles. The van der Waals surface area contributed by atoms with Gasteiger partial charge in [0.2, 0.25) is 15.3 Å². The van der Waals surface area contributed by atoms with Crippen LogP contribution in [0.5, 0.6) is 0 Å². The van der Waals surface area contributed by atoms with Crippen LogP contribution in [0.1, 0.15) is 30.1 Å². The van der Waals surface area contributed by atoms with Gasteiger partial charge in [0, 0.05) is 12.1 Å². The Kier molecular flexibility index (Phi) is 3.75. The molecule has 0 aromatic carbocycles. The topological polar surface area (TPSA) is 104 Å². The van der Waals surface area contributed by atoms with Crippen LogP contribution in [-0.4, -0.2) is 27.9 Å². The number of hydrogen-bond donors (Lipinski definition) is 1. The van der Waals surface area contributed by atoms with Crippen molar-refractivity contribution in [1.29, 1.82) is 0 Å². The first-order chi connectivity index (χ1) is 11.8. The number of pyridine rings is 1. The number of nitrogens with zero attached hydrogens (tertiary/aromatic N) is 4. The van der Waals surface area contributed by atoms with Crippen LogP contribution in [0.2, 0.25) is 5.28 Å². The third-order valence-corrected chi connectivity index (χ3v) is 4.87. The number of rotatable bonds is 4. The maximum absolute atomic E-state index is 14.9. The molecule has 0 aliphatic heterocycles. The van der Waals surface area contributed by atoms with E-state index in [0.29, 0.717) is 17.2 Å². The first-order valence-electron chi connectivity index (χ1n) is 7.52. The molecule has 0 saturated heterocycles. The van der Waals surface area contributed by atoms with Crippen molar-refractivity contribution in [3.8, 4) is 5.82 Å². The molecule has 1 fully saturated rings. The SMILES string of the molecule is NS(=O)(=O)Cc1cccc(-n2c(C3CC3)c(F)c3cnc(Cl)nc32)n1. The first kappa shape index (κ1) is 16.4. The molecule has 130 valence electrons. The predicted octanol–water partition coefficient (Wildman–Crippen LogP) is 2.27. The molecule has 10 heteroatoms. The third-order valence-electron chi connectivity index (χ3n) is 3.99. The molecule has 0 radical (unpaired) electrons. The van der Waals surface area contributed by atoms with E-state index in [2.05, 4.69) is 15.0 Å². The highest BCUT2D eigenvalue weighted by Crippen LogP contribution is 2.44. The summed E-state index contributed by atoms with van der Waals surface area (Å²) < 4.78 is 39.1. The van der Waals surface area contributed by atoms with Gasteiger partial charge in [0.25, 0.3) is 0 Å². The Morgan fingerprint density at radius 2 is 2.08 bits per heavy atom. The van der Waals surface area contributed by atoms with Crippen molar-refractivity contribution < 1.29 is 12.8 Å². The van der Waals surface area contributed by atoms with Crippen molar-refractivity contribution in [3.05, 3.63) is 46.9 Å². The Balaban J connectivity index is 1.96. The fourth-order valence-electron chi connectivity index (χ4n) is 2.86. The average molecular weight is 382 g/mol. The highest BCUT2D eigenvalue weighted by Gasteiger charge is 2.34. The minimum Gasteiger partial charge on any atom is -0.279 e. The van der Waals surface area contributed by atoms with E-state index in [1.165, 1.54) is 6.20 Å². The standard InChI is InChI=1S/C15H13ClFN5O2S/c16-15-19-6-10-12(17)13(8-4-5-8)22(14(10)21-15)11-3-1-2-9(20-11)7-25(18,23)24/h1-3,6,8H,4-5,7H2,(H2,18,23,24). The minimum atomic E-state index is -3.73. The van der Waals surface area contributed by atoms with Crippen LogP contribution in [0, 0.1) is 5.82 Å². The molecule has 0 spiro atoms. The van der Waals surface area contributed by atoms with E-state index in [4.69, 9.17) is 16.7 Å². The fourth-order valence-corrected chi connectivity index (χ4v) is 3.56. The fraction of sp³-hybridized carbons (Fsp3) is 0.267. The summed E-state index contributed by atoms with van der Waals surface area (Å²) in [6, 6.07) is 4.86. The summed E-state index contributed by atoms with van der Waals surface area (Å²) in [5, 5.41) is 5.34. The summed E-state index contributed by atoms with van der Waals surface area (Å²) in [5.74, 6) is -0.368. The van der Waals surface area contributed by atoms with Gasteiger partial charge in [-0.25, -0.2) is 27.9 Å². The summed E-state index contributed by atoms with van der Waals surface area (Å²) in [7, 11) is -3.73. The Morgan fingerprint density at radius 1 is 1.32 bits per heavy atom. The Morgan fingerprint density at radius 3 is 2.76 bits per heavy atom.